The maximum absolute atomic E-state index is 9.50. The van der Waals surface area contributed by atoms with Crippen LogP contribution in [0.15, 0.2) is 54.9 Å². The fraction of sp³-hybridized carbons (Fsp3) is 0.250. The number of benzene rings is 1. The maximum Gasteiger partial charge on any atom is 0.163 e. The predicted molar refractivity (Wildman–Crippen MR) is 101 cm³/mol. The van der Waals surface area contributed by atoms with Crippen LogP contribution in [0.1, 0.15) is 17.3 Å². The summed E-state index contributed by atoms with van der Waals surface area (Å²) >= 11 is 0. The van der Waals surface area contributed by atoms with Crippen LogP contribution in [0.25, 0.3) is 11.4 Å². The van der Waals surface area contributed by atoms with Crippen LogP contribution in [0.5, 0.6) is 5.75 Å². The molecule has 2 aromatic heterocycles. The molecule has 1 aromatic carbocycles. The summed E-state index contributed by atoms with van der Waals surface area (Å²) in [5.74, 6) is 1.92. The second kappa shape index (κ2) is 7.09. The molecule has 1 aliphatic heterocycles. The van der Waals surface area contributed by atoms with Gasteiger partial charge in [-0.05, 0) is 36.8 Å². The van der Waals surface area contributed by atoms with Crippen LogP contribution in [-0.2, 0) is 0 Å². The molecule has 132 valence electrons. The van der Waals surface area contributed by atoms with Crippen LogP contribution in [0.3, 0.4) is 0 Å². The molecule has 0 radical (unpaired) electrons. The summed E-state index contributed by atoms with van der Waals surface area (Å²) in [6, 6.07) is 13.5. The van der Waals surface area contributed by atoms with Gasteiger partial charge in [0.2, 0.25) is 0 Å². The molecule has 1 atom stereocenters. The third-order valence-corrected chi connectivity index (χ3v) is 4.56. The Morgan fingerprint density at radius 1 is 1.15 bits per heavy atom. The highest BCUT2D eigenvalue weighted by atomic mass is 16.3. The van der Waals surface area contributed by atoms with Gasteiger partial charge in [-0.1, -0.05) is 12.1 Å². The molecule has 6 nitrogen and oxygen atoms in total. The number of phenolic OH excluding ortho intramolecular Hbond substituents is 1. The quantitative estimate of drug-likeness (QED) is 0.759. The largest absolute Gasteiger partial charge is 0.508 e. The number of hydrogen-bond acceptors (Lipinski definition) is 6. The average molecular weight is 347 g/mol. The second-order valence-electron chi connectivity index (χ2n) is 6.48. The summed E-state index contributed by atoms with van der Waals surface area (Å²) < 4.78 is 0. The van der Waals surface area contributed by atoms with E-state index in [0.717, 1.165) is 42.3 Å². The molecule has 0 bridgehead atoms. The molecule has 26 heavy (non-hydrogen) atoms. The van der Waals surface area contributed by atoms with E-state index in [1.165, 1.54) is 0 Å². The topological polar surface area (TPSA) is 74.2 Å². The van der Waals surface area contributed by atoms with Crippen molar-refractivity contribution in [3.8, 4) is 17.1 Å². The number of phenols is 1. The van der Waals surface area contributed by atoms with Crippen LogP contribution in [0.4, 0.5) is 5.82 Å². The van der Waals surface area contributed by atoms with E-state index in [9.17, 15) is 5.11 Å². The number of piperazine rings is 1. The third kappa shape index (κ3) is 3.50. The molecule has 1 aliphatic rings. The molecule has 0 aliphatic carbocycles. The van der Waals surface area contributed by atoms with Crippen molar-refractivity contribution in [2.45, 2.75) is 13.0 Å². The molecule has 0 spiro atoms. The normalized spacial score (nSPS) is 17.3. The molecular weight excluding hydrogens is 326 g/mol. The number of aryl methyl sites for hydroxylation is 1. The highest BCUT2D eigenvalue weighted by molar-refractivity contribution is 5.57. The lowest BCUT2D eigenvalue weighted by molar-refractivity contribution is 0.463. The van der Waals surface area contributed by atoms with Gasteiger partial charge >= 0.3 is 0 Å². The SMILES string of the molecule is Cc1cc(N2CCNC(c3ccc(O)cc3)C2)nc(-c2cccnc2)n1. The monoisotopic (exact) mass is 347 g/mol. The number of aromatic hydroxyl groups is 1. The van der Waals surface area contributed by atoms with Crippen LogP contribution in [0, 0.1) is 6.92 Å². The fourth-order valence-corrected chi connectivity index (χ4v) is 3.23. The summed E-state index contributed by atoms with van der Waals surface area (Å²) in [5.41, 5.74) is 3.02. The summed E-state index contributed by atoms with van der Waals surface area (Å²) in [5, 5.41) is 13.0. The predicted octanol–water partition coefficient (Wildman–Crippen LogP) is 2.70. The van der Waals surface area contributed by atoms with E-state index in [1.807, 2.05) is 37.3 Å². The minimum atomic E-state index is 0.196. The molecule has 0 amide bonds. The van der Waals surface area contributed by atoms with Crippen molar-refractivity contribution < 1.29 is 5.11 Å². The lowest BCUT2D eigenvalue weighted by Crippen LogP contribution is -2.46. The summed E-state index contributed by atoms with van der Waals surface area (Å²) in [6.07, 6.45) is 3.54. The minimum absolute atomic E-state index is 0.196. The molecule has 2 N–H and O–H groups in total. The maximum atomic E-state index is 9.50. The smallest absolute Gasteiger partial charge is 0.163 e. The van der Waals surface area contributed by atoms with E-state index in [1.54, 1.807) is 24.5 Å². The Bertz CT molecular complexity index is 882. The molecule has 4 rings (SSSR count). The van der Waals surface area contributed by atoms with Gasteiger partial charge < -0.3 is 15.3 Å². The van der Waals surface area contributed by atoms with Crippen molar-refractivity contribution in [3.63, 3.8) is 0 Å². The van der Waals surface area contributed by atoms with Crippen LogP contribution < -0.4 is 10.2 Å². The zero-order valence-electron chi connectivity index (χ0n) is 14.6. The number of hydrogen-bond donors (Lipinski definition) is 2. The van der Waals surface area contributed by atoms with Crippen LogP contribution in [-0.4, -0.2) is 39.7 Å². The zero-order valence-corrected chi connectivity index (χ0v) is 14.6. The van der Waals surface area contributed by atoms with Gasteiger partial charge in [-0.3, -0.25) is 4.98 Å². The van der Waals surface area contributed by atoms with E-state index in [4.69, 9.17) is 4.98 Å². The molecule has 3 aromatic rings. The molecule has 6 heteroatoms. The Labute approximate surface area is 152 Å². The first-order chi connectivity index (χ1) is 12.7. The highest BCUT2D eigenvalue weighted by Gasteiger charge is 2.22. The molecule has 1 fully saturated rings. The number of aromatic nitrogens is 3. The van der Waals surface area contributed by atoms with Crippen LogP contribution >= 0.6 is 0 Å². The van der Waals surface area contributed by atoms with E-state index in [-0.39, 0.29) is 11.8 Å². The lowest BCUT2D eigenvalue weighted by atomic mass is 10.0. The van der Waals surface area contributed by atoms with Crippen molar-refractivity contribution in [1.82, 2.24) is 20.3 Å². The number of pyridine rings is 1. The highest BCUT2D eigenvalue weighted by Crippen LogP contribution is 2.25. The molecular formula is C20H21N5O. The Morgan fingerprint density at radius 3 is 2.77 bits per heavy atom. The Balaban J connectivity index is 1.60. The fourth-order valence-electron chi connectivity index (χ4n) is 3.23. The van der Waals surface area contributed by atoms with E-state index < -0.39 is 0 Å². The number of nitrogens with zero attached hydrogens (tertiary/aromatic N) is 4. The summed E-state index contributed by atoms with van der Waals surface area (Å²) in [6.45, 7) is 4.56. The van der Waals surface area contributed by atoms with Crippen LogP contribution in [0.2, 0.25) is 0 Å². The van der Waals surface area contributed by atoms with Gasteiger partial charge in [0, 0.05) is 55.4 Å². The van der Waals surface area contributed by atoms with E-state index in [2.05, 4.69) is 20.2 Å². The Hall–Kier alpha value is -2.99. The first-order valence-electron chi connectivity index (χ1n) is 8.72. The molecule has 1 saturated heterocycles. The average Bonchev–Trinajstić information content (AvgIpc) is 2.69. The van der Waals surface area contributed by atoms with E-state index in [0.29, 0.717) is 5.82 Å². The zero-order chi connectivity index (χ0) is 17.9. The van der Waals surface area contributed by atoms with Gasteiger partial charge in [0.25, 0.3) is 0 Å². The van der Waals surface area contributed by atoms with Gasteiger partial charge in [-0.25, -0.2) is 9.97 Å². The van der Waals surface area contributed by atoms with Crippen molar-refractivity contribution in [3.05, 3.63) is 66.1 Å². The Kier molecular flexibility index (Phi) is 4.50. The van der Waals surface area contributed by atoms with E-state index >= 15 is 0 Å². The summed E-state index contributed by atoms with van der Waals surface area (Å²) in [7, 11) is 0. The first-order valence-corrected chi connectivity index (χ1v) is 8.72. The van der Waals surface area contributed by atoms with Crippen molar-refractivity contribution in [2.75, 3.05) is 24.5 Å². The van der Waals surface area contributed by atoms with Gasteiger partial charge in [0.1, 0.15) is 11.6 Å². The van der Waals surface area contributed by atoms with Gasteiger partial charge in [-0.15, -0.1) is 0 Å². The van der Waals surface area contributed by atoms with Gasteiger partial charge in [-0.2, -0.15) is 0 Å². The summed E-state index contributed by atoms with van der Waals surface area (Å²) in [4.78, 5) is 15.8. The first kappa shape index (κ1) is 16.5. The van der Waals surface area contributed by atoms with Crippen molar-refractivity contribution in [1.29, 1.82) is 0 Å². The van der Waals surface area contributed by atoms with Crippen molar-refractivity contribution >= 4 is 5.82 Å². The molecule has 1 unspecified atom stereocenters. The standard InChI is InChI=1S/C20H21N5O/c1-14-11-19(24-20(23-14)16-3-2-8-21-12-16)25-10-9-22-18(13-25)15-4-6-17(26)7-5-15/h2-8,11-12,18,22,26H,9-10,13H2,1H3. The number of nitrogens with one attached hydrogen (secondary N) is 1. The van der Waals surface area contributed by atoms with Gasteiger partial charge in [0.05, 0.1) is 0 Å². The lowest BCUT2D eigenvalue weighted by Gasteiger charge is -2.35. The molecule has 3 heterocycles. The Morgan fingerprint density at radius 2 is 2.00 bits per heavy atom. The second-order valence-corrected chi connectivity index (χ2v) is 6.48. The number of rotatable bonds is 3. The van der Waals surface area contributed by atoms with Crippen molar-refractivity contribution in [2.24, 2.45) is 0 Å². The minimum Gasteiger partial charge on any atom is -0.508 e. The van der Waals surface area contributed by atoms with Gasteiger partial charge in [0.15, 0.2) is 5.82 Å². The third-order valence-electron chi connectivity index (χ3n) is 4.56. The molecule has 0 saturated carbocycles. The number of anilines is 1.